The highest BCUT2D eigenvalue weighted by molar-refractivity contribution is 9.10. The molecule has 2 rings (SSSR count). The maximum Gasteiger partial charge on any atom is 0.338 e. The Labute approximate surface area is 126 Å². The van der Waals surface area contributed by atoms with Crippen molar-refractivity contribution in [3.8, 4) is 0 Å². The zero-order valence-corrected chi connectivity index (χ0v) is 12.9. The van der Waals surface area contributed by atoms with Crippen LogP contribution in [-0.2, 0) is 9.53 Å². The molecule has 0 aromatic heterocycles. The van der Waals surface area contributed by atoms with Crippen LogP contribution >= 0.6 is 15.9 Å². The molecule has 1 aromatic rings. The second kappa shape index (κ2) is 6.22. The Morgan fingerprint density at radius 2 is 2.35 bits per heavy atom. The first-order valence-corrected chi connectivity index (χ1v) is 7.25. The number of ether oxygens (including phenoxy) is 1. The molecule has 0 N–H and O–H groups in total. The molecule has 1 fully saturated rings. The topological polar surface area (TPSA) is 46.6 Å². The van der Waals surface area contributed by atoms with Crippen molar-refractivity contribution in [2.45, 2.75) is 13.3 Å². The van der Waals surface area contributed by atoms with Gasteiger partial charge in [0, 0.05) is 23.4 Å². The average Bonchev–Trinajstić information content (AvgIpc) is 2.80. The molecule has 20 heavy (non-hydrogen) atoms. The van der Waals surface area contributed by atoms with E-state index in [9.17, 15) is 9.59 Å². The van der Waals surface area contributed by atoms with Crippen molar-refractivity contribution in [3.05, 3.63) is 40.9 Å². The zero-order chi connectivity index (χ0) is 14.7. The first-order chi connectivity index (χ1) is 9.56. The average molecular weight is 338 g/mol. The molecule has 0 spiro atoms. The molecule has 1 atom stereocenters. The van der Waals surface area contributed by atoms with Gasteiger partial charge < -0.3 is 9.64 Å². The van der Waals surface area contributed by atoms with Crippen LogP contribution in [-0.4, -0.2) is 25.0 Å². The van der Waals surface area contributed by atoms with Crippen LogP contribution < -0.4 is 4.90 Å². The van der Waals surface area contributed by atoms with Crippen molar-refractivity contribution in [1.29, 1.82) is 0 Å². The summed E-state index contributed by atoms with van der Waals surface area (Å²) in [6.07, 6.45) is 2.29. The normalized spacial score (nSPS) is 18.2. The first-order valence-electron chi connectivity index (χ1n) is 6.46. The third-order valence-electron chi connectivity index (χ3n) is 3.24. The molecular weight excluding hydrogens is 322 g/mol. The number of amides is 1. The lowest BCUT2D eigenvalue weighted by Gasteiger charge is -2.18. The fraction of sp³-hybridized carbons (Fsp3) is 0.333. The number of nitrogens with zero attached hydrogens (tertiary/aromatic N) is 1. The predicted molar refractivity (Wildman–Crippen MR) is 80.8 cm³/mol. The smallest absolute Gasteiger partial charge is 0.338 e. The molecular formula is C15H16BrNO3. The SMILES string of the molecule is C=CC1CC(=O)N(c2ccc(C(=O)OCC)cc2Br)C1. The van der Waals surface area contributed by atoms with E-state index in [1.807, 2.05) is 0 Å². The summed E-state index contributed by atoms with van der Waals surface area (Å²) < 4.78 is 5.66. The van der Waals surface area contributed by atoms with E-state index in [1.54, 1.807) is 36.1 Å². The summed E-state index contributed by atoms with van der Waals surface area (Å²) in [5.74, 6) is -0.116. The first kappa shape index (κ1) is 14.8. The van der Waals surface area contributed by atoms with Gasteiger partial charge in [0.05, 0.1) is 17.9 Å². The molecule has 0 bridgehead atoms. The lowest BCUT2D eigenvalue weighted by molar-refractivity contribution is -0.117. The monoisotopic (exact) mass is 337 g/mol. The van der Waals surface area contributed by atoms with Gasteiger partial charge in [-0.25, -0.2) is 4.79 Å². The second-order valence-electron chi connectivity index (χ2n) is 4.59. The molecule has 0 radical (unpaired) electrons. The molecule has 1 aromatic carbocycles. The van der Waals surface area contributed by atoms with Gasteiger partial charge in [-0.15, -0.1) is 6.58 Å². The van der Waals surface area contributed by atoms with Gasteiger partial charge in [-0.1, -0.05) is 6.08 Å². The van der Waals surface area contributed by atoms with Crippen LogP contribution in [0.15, 0.2) is 35.3 Å². The Morgan fingerprint density at radius 3 is 2.90 bits per heavy atom. The molecule has 0 saturated carbocycles. The van der Waals surface area contributed by atoms with Crippen molar-refractivity contribution in [2.75, 3.05) is 18.1 Å². The Bertz CT molecular complexity index is 556. The standard InChI is InChI=1S/C15H16BrNO3/c1-3-10-7-14(18)17(9-10)13-6-5-11(8-12(13)16)15(19)20-4-2/h3,5-6,8,10H,1,4,7,9H2,2H3. The predicted octanol–water partition coefficient (Wildman–Crippen LogP) is 3.16. The number of esters is 1. The lowest BCUT2D eigenvalue weighted by atomic mass is 10.1. The molecule has 0 aliphatic carbocycles. The third kappa shape index (κ3) is 2.93. The Kier molecular flexibility index (Phi) is 4.60. The quantitative estimate of drug-likeness (QED) is 0.626. The zero-order valence-electron chi connectivity index (χ0n) is 11.3. The van der Waals surface area contributed by atoms with Gasteiger partial charge in [-0.05, 0) is 41.1 Å². The maximum absolute atomic E-state index is 12.0. The van der Waals surface area contributed by atoms with Crippen LogP contribution in [0.2, 0.25) is 0 Å². The Balaban J connectivity index is 2.24. The number of benzene rings is 1. The number of halogens is 1. The molecule has 1 aliphatic rings. The largest absolute Gasteiger partial charge is 0.462 e. The number of hydrogen-bond donors (Lipinski definition) is 0. The van der Waals surface area contributed by atoms with E-state index in [4.69, 9.17) is 4.74 Å². The van der Waals surface area contributed by atoms with Crippen molar-refractivity contribution >= 4 is 33.5 Å². The second-order valence-corrected chi connectivity index (χ2v) is 5.45. The van der Waals surface area contributed by atoms with Crippen molar-refractivity contribution in [1.82, 2.24) is 0 Å². The van der Waals surface area contributed by atoms with E-state index in [0.29, 0.717) is 29.6 Å². The number of hydrogen-bond acceptors (Lipinski definition) is 3. The van der Waals surface area contributed by atoms with Gasteiger partial charge in [0.1, 0.15) is 0 Å². The van der Waals surface area contributed by atoms with Gasteiger partial charge in [0.15, 0.2) is 0 Å². The fourth-order valence-corrected chi connectivity index (χ4v) is 2.79. The highest BCUT2D eigenvalue weighted by Crippen LogP contribution is 2.32. The van der Waals surface area contributed by atoms with E-state index in [2.05, 4.69) is 22.5 Å². The van der Waals surface area contributed by atoms with Crippen molar-refractivity contribution in [2.24, 2.45) is 5.92 Å². The molecule has 5 heteroatoms. The number of anilines is 1. The molecule has 1 unspecified atom stereocenters. The van der Waals surface area contributed by atoms with Crippen molar-refractivity contribution < 1.29 is 14.3 Å². The lowest BCUT2D eigenvalue weighted by Crippen LogP contribution is -2.24. The summed E-state index contributed by atoms with van der Waals surface area (Å²) in [5, 5.41) is 0. The molecule has 1 amide bonds. The molecule has 106 valence electrons. The minimum Gasteiger partial charge on any atom is -0.462 e. The highest BCUT2D eigenvalue weighted by Gasteiger charge is 2.30. The Morgan fingerprint density at radius 1 is 1.60 bits per heavy atom. The molecule has 1 aliphatic heterocycles. The summed E-state index contributed by atoms with van der Waals surface area (Å²) in [6.45, 7) is 6.46. The van der Waals surface area contributed by atoms with Gasteiger partial charge >= 0.3 is 5.97 Å². The van der Waals surface area contributed by atoms with Crippen LogP contribution in [0.1, 0.15) is 23.7 Å². The van der Waals surface area contributed by atoms with E-state index in [-0.39, 0.29) is 17.8 Å². The van der Waals surface area contributed by atoms with Gasteiger partial charge in [0.25, 0.3) is 0 Å². The van der Waals surface area contributed by atoms with Gasteiger partial charge in [0.2, 0.25) is 5.91 Å². The minimum atomic E-state index is -0.364. The Hall–Kier alpha value is -1.62. The van der Waals surface area contributed by atoms with Crippen LogP contribution in [0, 0.1) is 5.92 Å². The number of carbonyl (C=O) groups is 2. The van der Waals surface area contributed by atoms with Gasteiger partial charge in [-0.2, -0.15) is 0 Å². The summed E-state index contributed by atoms with van der Waals surface area (Å²) in [5.41, 5.74) is 1.24. The molecule has 1 heterocycles. The summed E-state index contributed by atoms with van der Waals surface area (Å²) in [6, 6.07) is 5.12. The highest BCUT2D eigenvalue weighted by atomic mass is 79.9. The van der Waals surface area contributed by atoms with Crippen molar-refractivity contribution in [3.63, 3.8) is 0 Å². The fourth-order valence-electron chi connectivity index (χ4n) is 2.19. The van der Waals surface area contributed by atoms with Crippen LogP contribution in [0.5, 0.6) is 0 Å². The third-order valence-corrected chi connectivity index (χ3v) is 3.87. The van der Waals surface area contributed by atoms with Gasteiger partial charge in [-0.3, -0.25) is 4.79 Å². The summed E-state index contributed by atoms with van der Waals surface area (Å²) >= 11 is 3.42. The minimum absolute atomic E-state index is 0.0690. The van der Waals surface area contributed by atoms with Crippen LogP contribution in [0.3, 0.4) is 0 Å². The van der Waals surface area contributed by atoms with E-state index in [0.717, 1.165) is 5.69 Å². The molecule has 1 saturated heterocycles. The maximum atomic E-state index is 12.0. The van der Waals surface area contributed by atoms with E-state index >= 15 is 0 Å². The number of rotatable bonds is 4. The van der Waals surface area contributed by atoms with Crippen LogP contribution in [0.4, 0.5) is 5.69 Å². The molecule has 4 nitrogen and oxygen atoms in total. The number of carbonyl (C=O) groups excluding carboxylic acids is 2. The summed E-state index contributed by atoms with van der Waals surface area (Å²) in [4.78, 5) is 25.4. The van der Waals surface area contributed by atoms with E-state index in [1.165, 1.54) is 0 Å². The van der Waals surface area contributed by atoms with E-state index < -0.39 is 0 Å². The summed E-state index contributed by atoms with van der Waals surface area (Å²) in [7, 11) is 0. The van der Waals surface area contributed by atoms with Crippen LogP contribution in [0.25, 0.3) is 0 Å².